The highest BCUT2D eigenvalue weighted by molar-refractivity contribution is 6.08. The summed E-state index contributed by atoms with van der Waals surface area (Å²) in [4.78, 5) is 17.5. The number of benzene rings is 3. The minimum absolute atomic E-state index is 0.279. The van der Waals surface area contributed by atoms with Gasteiger partial charge in [-0.1, -0.05) is 24.3 Å². The number of rotatable bonds is 5. The molecule has 7 nitrogen and oxygen atoms in total. The van der Waals surface area contributed by atoms with Crippen molar-refractivity contribution >= 4 is 11.6 Å². The minimum atomic E-state index is -0.279. The summed E-state index contributed by atoms with van der Waals surface area (Å²) in [6, 6.07) is 20.0. The van der Waals surface area contributed by atoms with Gasteiger partial charge in [0.25, 0.3) is 5.91 Å². The Morgan fingerprint density at radius 3 is 2.69 bits per heavy atom. The quantitative estimate of drug-likeness (QED) is 0.480. The van der Waals surface area contributed by atoms with Crippen LogP contribution in [0.3, 0.4) is 0 Å². The molecule has 0 saturated heterocycles. The third-order valence-corrected chi connectivity index (χ3v) is 5.06. The van der Waals surface area contributed by atoms with Gasteiger partial charge in [0.1, 0.15) is 19.0 Å². The van der Waals surface area contributed by atoms with Crippen molar-refractivity contribution in [3.05, 3.63) is 78.5 Å². The van der Waals surface area contributed by atoms with E-state index in [0.717, 1.165) is 11.3 Å². The lowest BCUT2D eigenvalue weighted by atomic mass is 10.1. The normalized spacial score (nSPS) is 12.3. The fourth-order valence-electron chi connectivity index (χ4n) is 3.50. The topological polar surface area (TPSA) is 82.8 Å². The molecule has 1 N–H and O–H groups in total. The highest BCUT2D eigenvalue weighted by Crippen LogP contribution is 2.34. The molecule has 0 fully saturated rings. The van der Waals surface area contributed by atoms with Gasteiger partial charge in [0.2, 0.25) is 5.89 Å². The Kier molecular flexibility index (Phi) is 5.21. The maximum atomic E-state index is 13.1. The van der Waals surface area contributed by atoms with Gasteiger partial charge < -0.3 is 23.9 Å². The smallest absolute Gasteiger partial charge is 0.256 e. The molecule has 2 heterocycles. The van der Waals surface area contributed by atoms with E-state index in [1.807, 2.05) is 30.3 Å². The van der Waals surface area contributed by atoms with Crippen LogP contribution in [0.4, 0.5) is 5.69 Å². The fraction of sp³-hybridized carbons (Fsp3) is 0.120. The Hall–Kier alpha value is -4.26. The highest BCUT2D eigenvalue weighted by atomic mass is 16.6. The van der Waals surface area contributed by atoms with Crippen molar-refractivity contribution < 1.29 is 23.4 Å². The lowest BCUT2D eigenvalue weighted by Crippen LogP contribution is -2.16. The highest BCUT2D eigenvalue weighted by Gasteiger charge is 2.18. The number of fused-ring (bicyclic) bond motifs is 1. The fourth-order valence-corrected chi connectivity index (χ4v) is 3.50. The average Bonchev–Trinajstić information content (AvgIpc) is 3.34. The standard InChI is InChI=1S/C25H20N2O5/c1-29-18-6-4-5-16(13-18)23-15-26-25(32-23)20-8-3-2-7-19(20)24(28)27-17-9-10-21-22(14-17)31-12-11-30-21/h2-10,13-15H,11-12H2,1H3,(H,27,28). The number of nitrogens with zero attached hydrogens (tertiary/aromatic N) is 1. The van der Waals surface area contributed by atoms with Gasteiger partial charge in [-0.15, -0.1) is 0 Å². The molecular weight excluding hydrogens is 408 g/mol. The summed E-state index contributed by atoms with van der Waals surface area (Å²) in [5.74, 6) is 2.66. The second-order valence-corrected chi connectivity index (χ2v) is 7.12. The van der Waals surface area contributed by atoms with E-state index >= 15 is 0 Å². The number of amides is 1. The number of hydrogen-bond acceptors (Lipinski definition) is 6. The predicted octanol–water partition coefficient (Wildman–Crippen LogP) is 5.04. The van der Waals surface area contributed by atoms with Crippen molar-refractivity contribution in [1.82, 2.24) is 4.98 Å². The third kappa shape index (κ3) is 3.88. The van der Waals surface area contributed by atoms with E-state index in [4.69, 9.17) is 18.6 Å². The molecule has 32 heavy (non-hydrogen) atoms. The number of ether oxygens (including phenoxy) is 3. The van der Waals surface area contributed by atoms with Gasteiger partial charge in [-0.05, 0) is 36.4 Å². The van der Waals surface area contributed by atoms with E-state index in [-0.39, 0.29) is 5.91 Å². The van der Waals surface area contributed by atoms with Gasteiger partial charge in [-0.25, -0.2) is 4.98 Å². The van der Waals surface area contributed by atoms with E-state index in [1.165, 1.54) is 0 Å². The number of carbonyl (C=O) groups is 1. The molecule has 0 radical (unpaired) electrons. The zero-order valence-corrected chi connectivity index (χ0v) is 17.3. The van der Waals surface area contributed by atoms with Crippen molar-refractivity contribution in [1.29, 1.82) is 0 Å². The molecule has 0 bridgehead atoms. The van der Waals surface area contributed by atoms with Crippen LogP contribution in [0.1, 0.15) is 10.4 Å². The van der Waals surface area contributed by atoms with E-state index in [1.54, 1.807) is 49.7 Å². The molecule has 0 aliphatic carbocycles. The van der Waals surface area contributed by atoms with E-state index in [2.05, 4.69) is 10.3 Å². The second kappa shape index (κ2) is 8.47. The monoisotopic (exact) mass is 428 g/mol. The van der Waals surface area contributed by atoms with Crippen LogP contribution in [0.25, 0.3) is 22.8 Å². The van der Waals surface area contributed by atoms with Crippen molar-refractivity contribution in [3.63, 3.8) is 0 Å². The van der Waals surface area contributed by atoms with Crippen LogP contribution >= 0.6 is 0 Å². The van der Waals surface area contributed by atoms with Gasteiger partial charge >= 0.3 is 0 Å². The van der Waals surface area contributed by atoms with Gasteiger partial charge in [0.05, 0.1) is 18.9 Å². The van der Waals surface area contributed by atoms with Gasteiger partial charge in [-0.3, -0.25) is 4.79 Å². The molecule has 0 unspecified atom stereocenters. The van der Waals surface area contributed by atoms with E-state index in [0.29, 0.717) is 53.2 Å². The van der Waals surface area contributed by atoms with E-state index in [9.17, 15) is 4.79 Å². The molecule has 4 aromatic rings. The lowest BCUT2D eigenvalue weighted by Gasteiger charge is -2.19. The maximum Gasteiger partial charge on any atom is 0.256 e. The summed E-state index contributed by atoms with van der Waals surface area (Å²) in [5, 5.41) is 2.91. The first-order valence-corrected chi connectivity index (χ1v) is 10.1. The number of oxazole rings is 1. The van der Waals surface area contributed by atoms with Gasteiger partial charge in [0, 0.05) is 22.9 Å². The van der Waals surface area contributed by atoms with Crippen molar-refractivity contribution in [2.75, 3.05) is 25.6 Å². The predicted molar refractivity (Wildman–Crippen MR) is 119 cm³/mol. The molecule has 1 aromatic heterocycles. The number of anilines is 1. The second-order valence-electron chi connectivity index (χ2n) is 7.12. The molecule has 3 aromatic carbocycles. The first-order chi connectivity index (χ1) is 15.7. The lowest BCUT2D eigenvalue weighted by molar-refractivity contribution is 0.102. The molecule has 1 amide bonds. The van der Waals surface area contributed by atoms with Crippen LogP contribution in [-0.4, -0.2) is 31.2 Å². The average molecular weight is 428 g/mol. The van der Waals surface area contributed by atoms with Crippen LogP contribution < -0.4 is 19.5 Å². The zero-order valence-electron chi connectivity index (χ0n) is 17.3. The number of hydrogen-bond donors (Lipinski definition) is 1. The zero-order chi connectivity index (χ0) is 21.9. The number of aromatic nitrogens is 1. The van der Waals surface area contributed by atoms with Crippen LogP contribution in [0.5, 0.6) is 17.2 Å². The van der Waals surface area contributed by atoms with E-state index < -0.39 is 0 Å². The van der Waals surface area contributed by atoms with Crippen LogP contribution in [0.15, 0.2) is 77.3 Å². The molecule has 160 valence electrons. The largest absolute Gasteiger partial charge is 0.497 e. The maximum absolute atomic E-state index is 13.1. The molecule has 1 aliphatic heterocycles. The van der Waals surface area contributed by atoms with Crippen LogP contribution in [-0.2, 0) is 0 Å². The summed E-state index contributed by atoms with van der Waals surface area (Å²) in [6.45, 7) is 0.993. The number of nitrogens with one attached hydrogen (secondary N) is 1. The Bertz CT molecular complexity index is 1280. The Balaban J connectivity index is 1.42. The summed E-state index contributed by atoms with van der Waals surface area (Å²) in [6.07, 6.45) is 1.64. The number of methoxy groups -OCH3 is 1. The summed E-state index contributed by atoms with van der Waals surface area (Å²) in [7, 11) is 1.61. The van der Waals surface area contributed by atoms with Gasteiger partial charge in [0.15, 0.2) is 17.3 Å². The summed E-state index contributed by atoms with van der Waals surface area (Å²) in [5.41, 5.74) is 2.48. The molecule has 1 aliphatic rings. The number of carbonyl (C=O) groups excluding carboxylic acids is 1. The van der Waals surface area contributed by atoms with Gasteiger partial charge in [-0.2, -0.15) is 0 Å². The SMILES string of the molecule is COc1cccc(-c2cnc(-c3ccccc3C(=O)Nc3ccc4c(c3)OCCO4)o2)c1. The Morgan fingerprint density at radius 2 is 1.81 bits per heavy atom. The van der Waals surface area contributed by atoms with Crippen molar-refractivity contribution in [3.8, 4) is 40.0 Å². The minimum Gasteiger partial charge on any atom is -0.497 e. The first-order valence-electron chi connectivity index (χ1n) is 10.1. The van der Waals surface area contributed by atoms with Crippen LogP contribution in [0.2, 0.25) is 0 Å². The molecule has 0 spiro atoms. The molecule has 5 rings (SSSR count). The third-order valence-electron chi connectivity index (χ3n) is 5.06. The summed E-state index contributed by atoms with van der Waals surface area (Å²) >= 11 is 0. The Morgan fingerprint density at radius 1 is 0.969 bits per heavy atom. The van der Waals surface area contributed by atoms with Crippen LogP contribution in [0, 0.1) is 0 Å². The Labute approximate surface area is 184 Å². The molecule has 0 atom stereocenters. The van der Waals surface area contributed by atoms with Crippen molar-refractivity contribution in [2.24, 2.45) is 0 Å². The first kappa shape index (κ1) is 19.7. The van der Waals surface area contributed by atoms with Crippen molar-refractivity contribution in [2.45, 2.75) is 0 Å². The molecule has 0 saturated carbocycles. The summed E-state index contributed by atoms with van der Waals surface area (Å²) < 4.78 is 22.4. The molecule has 7 heteroatoms. The molecular formula is C25H20N2O5.